The fraction of sp³-hybridized carbons (Fsp3) is 0.200. The number of amides is 1. The Morgan fingerprint density at radius 3 is 2.64 bits per heavy atom. The first-order chi connectivity index (χ1) is 13.4. The van der Waals surface area contributed by atoms with Gasteiger partial charge in [-0.25, -0.2) is 13.6 Å². The van der Waals surface area contributed by atoms with Gasteiger partial charge in [-0.05, 0) is 25.1 Å². The van der Waals surface area contributed by atoms with Gasteiger partial charge < -0.3 is 19.2 Å². The number of carbonyl (C=O) groups excluding carboxylic acids is 2. The Morgan fingerprint density at radius 2 is 1.93 bits per heavy atom. The Balaban J connectivity index is 1.76. The zero-order chi connectivity index (χ0) is 20.3. The Hall–Kier alpha value is -3.26. The van der Waals surface area contributed by atoms with Gasteiger partial charge >= 0.3 is 5.97 Å². The van der Waals surface area contributed by atoms with Crippen LogP contribution in [0.1, 0.15) is 23.0 Å². The quantitative estimate of drug-likeness (QED) is 0.644. The van der Waals surface area contributed by atoms with Crippen molar-refractivity contribution < 1.29 is 32.3 Å². The molecular formula is C20H17F2NO5. The molecule has 0 aliphatic heterocycles. The Morgan fingerprint density at radius 1 is 1.18 bits per heavy atom. The average Bonchev–Trinajstić information content (AvgIpc) is 3.03. The molecular weight excluding hydrogens is 372 g/mol. The summed E-state index contributed by atoms with van der Waals surface area (Å²) in [4.78, 5) is 24.7. The van der Waals surface area contributed by atoms with Crippen molar-refractivity contribution in [2.75, 3.05) is 12.4 Å². The van der Waals surface area contributed by atoms with Crippen LogP contribution in [0.2, 0.25) is 0 Å². The molecule has 1 atom stereocenters. The molecule has 0 aliphatic carbocycles. The molecule has 1 heterocycles. The molecule has 1 aromatic heterocycles. The Labute approximate surface area is 159 Å². The van der Waals surface area contributed by atoms with E-state index in [1.165, 1.54) is 14.0 Å². The van der Waals surface area contributed by atoms with Crippen molar-refractivity contribution in [1.82, 2.24) is 0 Å². The smallest absolute Gasteiger partial charge is 0.375 e. The van der Waals surface area contributed by atoms with Gasteiger partial charge in [-0.15, -0.1) is 0 Å². The molecule has 3 aromatic rings. The number of halogens is 2. The lowest BCUT2D eigenvalue weighted by molar-refractivity contribution is -0.123. The molecule has 8 heteroatoms. The van der Waals surface area contributed by atoms with Crippen molar-refractivity contribution in [3.63, 3.8) is 0 Å². The van der Waals surface area contributed by atoms with E-state index in [2.05, 4.69) is 5.32 Å². The van der Waals surface area contributed by atoms with Crippen LogP contribution in [0.15, 0.2) is 46.9 Å². The lowest BCUT2D eigenvalue weighted by Gasteiger charge is -2.13. The number of carbonyl (C=O) groups is 2. The van der Waals surface area contributed by atoms with Crippen LogP contribution < -0.4 is 5.32 Å². The van der Waals surface area contributed by atoms with E-state index in [1.807, 2.05) is 0 Å². The monoisotopic (exact) mass is 389 g/mol. The topological polar surface area (TPSA) is 77.8 Å². The van der Waals surface area contributed by atoms with E-state index in [-0.39, 0.29) is 18.1 Å². The summed E-state index contributed by atoms with van der Waals surface area (Å²) in [5, 5.41) is 2.94. The molecule has 1 N–H and O–H groups in total. The average molecular weight is 389 g/mol. The van der Waals surface area contributed by atoms with E-state index in [9.17, 15) is 18.4 Å². The van der Waals surface area contributed by atoms with E-state index in [1.54, 1.807) is 24.3 Å². The molecule has 2 aromatic carbocycles. The van der Waals surface area contributed by atoms with E-state index < -0.39 is 29.6 Å². The van der Waals surface area contributed by atoms with Crippen LogP contribution in [0.5, 0.6) is 0 Å². The standard InChI is InChI=1S/C20H17F2NO5/c1-11(19(24)23-16-8-7-12(21)9-15(16)22)27-20(25)18-14(10-26-2)13-5-3-4-6-17(13)28-18/h3-9,11H,10H2,1-2H3,(H,23,24)/t11-/m0/s1. The molecule has 0 unspecified atom stereocenters. The van der Waals surface area contributed by atoms with E-state index in [4.69, 9.17) is 13.9 Å². The second-order valence-corrected chi connectivity index (χ2v) is 6.00. The number of nitrogens with one attached hydrogen (secondary N) is 1. The highest BCUT2D eigenvalue weighted by atomic mass is 19.1. The number of hydrogen-bond donors (Lipinski definition) is 1. The van der Waals surface area contributed by atoms with Crippen molar-refractivity contribution in [2.45, 2.75) is 19.6 Å². The van der Waals surface area contributed by atoms with Crippen LogP contribution >= 0.6 is 0 Å². The van der Waals surface area contributed by atoms with Gasteiger partial charge in [0.25, 0.3) is 5.91 Å². The highest BCUT2D eigenvalue weighted by Gasteiger charge is 2.26. The minimum atomic E-state index is -1.25. The first kappa shape index (κ1) is 19.5. The van der Waals surface area contributed by atoms with E-state index in [0.29, 0.717) is 22.6 Å². The number of methoxy groups -OCH3 is 1. The predicted molar refractivity (Wildman–Crippen MR) is 96.8 cm³/mol. The second-order valence-electron chi connectivity index (χ2n) is 6.00. The van der Waals surface area contributed by atoms with Gasteiger partial charge in [-0.2, -0.15) is 0 Å². The molecule has 1 amide bonds. The summed E-state index contributed by atoms with van der Waals surface area (Å²) in [5.74, 6) is -3.42. The number of rotatable bonds is 6. The predicted octanol–water partition coefficient (Wildman–Crippen LogP) is 4.04. The SMILES string of the molecule is COCc1c(C(=O)O[C@@H](C)C(=O)Nc2ccc(F)cc2F)oc2ccccc12. The second kappa shape index (κ2) is 8.18. The summed E-state index contributed by atoms with van der Waals surface area (Å²) in [6.45, 7) is 1.44. The fourth-order valence-corrected chi connectivity index (χ4v) is 2.64. The molecule has 0 saturated heterocycles. The first-order valence-corrected chi connectivity index (χ1v) is 8.37. The van der Waals surface area contributed by atoms with Crippen molar-refractivity contribution in [3.8, 4) is 0 Å². The van der Waals surface area contributed by atoms with Crippen molar-refractivity contribution >= 4 is 28.5 Å². The summed E-state index contributed by atoms with van der Waals surface area (Å²) < 4.78 is 42.4. The molecule has 0 bridgehead atoms. The third-order valence-corrected chi connectivity index (χ3v) is 4.01. The summed E-state index contributed by atoms with van der Waals surface area (Å²) in [6, 6.07) is 9.73. The maximum atomic E-state index is 13.7. The Bertz CT molecular complexity index is 1030. The van der Waals surface area contributed by atoms with Gasteiger partial charge in [0.2, 0.25) is 5.76 Å². The third kappa shape index (κ3) is 4.01. The Kier molecular flexibility index (Phi) is 5.70. The molecule has 0 radical (unpaired) electrons. The van der Waals surface area contributed by atoms with Crippen molar-refractivity contribution in [2.24, 2.45) is 0 Å². The summed E-state index contributed by atoms with van der Waals surface area (Å²) in [5.41, 5.74) is 0.755. The molecule has 6 nitrogen and oxygen atoms in total. The number of fused-ring (bicyclic) bond motifs is 1. The summed E-state index contributed by atoms with van der Waals surface area (Å²) in [6.07, 6.45) is -1.25. The summed E-state index contributed by atoms with van der Waals surface area (Å²) >= 11 is 0. The molecule has 0 spiro atoms. The van der Waals surface area contributed by atoms with Gasteiger partial charge in [0, 0.05) is 24.1 Å². The van der Waals surface area contributed by atoms with Crippen molar-refractivity contribution in [3.05, 3.63) is 65.4 Å². The maximum Gasteiger partial charge on any atom is 0.375 e. The number of hydrogen-bond acceptors (Lipinski definition) is 5. The minimum absolute atomic E-state index is 0.0735. The zero-order valence-corrected chi connectivity index (χ0v) is 15.1. The van der Waals surface area contributed by atoms with Crippen molar-refractivity contribution in [1.29, 1.82) is 0 Å². The molecule has 0 fully saturated rings. The minimum Gasteiger partial charge on any atom is -0.449 e. The largest absolute Gasteiger partial charge is 0.449 e. The van der Waals surface area contributed by atoms with Gasteiger partial charge in [-0.1, -0.05) is 18.2 Å². The molecule has 28 heavy (non-hydrogen) atoms. The summed E-state index contributed by atoms with van der Waals surface area (Å²) in [7, 11) is 1.48. The third-order valence-electron chi connectivity index (χ3n) is 4.01. The van der Waals surface area contributed by atoms with E-state index >= 15 is 0 Å². The van der Waals surface area contributed by atoms with Crippen LogP contribution in [0, 0.1) is 11.6 Å². The van der Waals surface area contributed by atoms with Crippen LogP contribution in [0.3, 0.4) is 0 Å². The maximum absolute atomic E-state index is 13.7. The normalized spacial score (nSPS) is 12.0. The zero-order valence-electron chi connectivity index (χ0n) is 15.1. The lowest BCUT2D eigenvalue weighted by Crippen LogP contribution is -2.30. The lowest BCUT2D eigenvalue weighted by atomic mass is 10.1. The van der Waals surface area contributed by atoms with E-state index in [0.717, 1.165) is 12.1 Å². The van der Waals surface area contributed by atoms with Crippen LogP contribution in [0.4, 0.5) is 14.5 Å². The highest BCUT2D eigenvalue weighted by molar-refractivity contribution is 5.99. The molecule has 0 aliphatic rings. The van der Waals surface area contributed by atoms with Crippen LogP contribution in [-0.4, -0.2) is 25.1 Å². The van der Waals surface area contributed by atoms with Crippen LogP contribution in [-0.2, 0) is 20.9 Å². The van der Waals surface area contributed by atoms with Gasteiger partial charge in [0.1, 0.15) is 17.2 Å². The molecule has 3 rings (SSSR count). The van der Waals surface area contributed by atoms with Gasteiger partial charge in [-0.3, -0.25) is 4.79 Å². The number of furan rings is 1. The fourth-order valence-electron chi connectivity index (χ4n) is 2.64. The number of para-hydroxylation sites is 1. The van der Waals surface area contributed by atoms with Gasteiger partial charge in [0.05, 0.1) is 12.3 Å². The number of ether oxygens (including phenoxy) is 2. The highest BCUT2D eigenvalue weighted by Crippen LogP contribution is 2.27. The molecule has 146 valence electrons. The molecule has 0 saturated carbocycles. The number of benzene rings is 2. The van der Waals surface area contributed by atoms with Gasteiger partial charge in [0.15, 0.2) is 6.10 Å². The van der Waals surface area contributed by atoms with Crippen LogP contribution in [0.25, 0.3) is 11.0 Å². The first-order valence-electron chi connectivity index (χ1n) is 8.37. The number of anilines is 1. The number of esters is 1.